The molecule has 0 saturated heterocycles. The Hall–Kier alpha value is -2.19. The van der Waals surface area contributed by atoms with Gasteiger partial charge in [0.25, 0.3) is 5.91 Å². The molecule has 1 atom stereocenters. The number of carbonyl (C=O) groups is 1. The van der Waals surface area contributed by atoms with Gasteiger partial charge >= 0.3 is 0 Å². The molecular weight excluding hydrogens is 352 g/mol. The lowest BCUT2D eigenvalue weighted by Gasteiger charge is -2.19. The third-order valence-electron chi connectivity index (χ3n) is 4.36. The lowest BCUT2D eigenvalue weighted by atomic mass is 10.2. The molecule has 2 aromatic rings. The zero-order valence-electron chi connectivity index (χ0n) is 15.6. The number of nitrogens with one attached hydrogen (secondary N) is 1. The van der Waals surface area contributed by atoms with E-state index in [0.717, 1.165) is 6.42 Å². The van der Waals surface area contributed by atoms with E-state index in [4.69, 9.17) is 0 Å². The monoisotopic (exact) mass is 378 g/mol. The maximum atomic E-state index is 12.6. The predicted octanol–water partition coefficient (Wildman–Crippen LogP) is 3.14. The van der Waals surface area contributed by atoms with Crippen LogP contribution < -0.4 is 5.32 Å². The summed E-state index contributed by atoms with van der Waals surface area (Å²) in [7, 11) is -3.61. The molecule has 8 heteroatoms. The van der Waals surface area contributed by atoms with Gasteiger partial charge in [-0.3, -0.25) is 4.79 Å². The molecule has 2 rings (SSSR count). The minimum absolute atomic E-state index is 0.115. The third kappa shape index (κ3) is 4.13. The Morgan fingerprint density at radius 3 is 2.54 bits per heavy atom. The van der Waals surface area contributed by atoms with Crippen molar-refractivity contribution in [1.82, 2.24) is 14.1 Å². The number of hydrogen-bond donors (Lipinski definition) is 1. The summed E-state index contributed by atoms with van der Waals surface area (Å²) in [5.41, 5.74) is 0.287. The smallest absolute Gasteiger partial charge is 0.256 e. The van der Waals surface area contributed by atoms with Crippen LogP contribution >= 0.6 is 0 Å². The van der Waals surface area contributed by atoms with E-state index in [0.29, 0.717) is 18.9 Å². The Morgan fingerprint density at radius 1 is 1.23 bits per heavy atom. The quantitative estimate of drug-likeness (QED) is 0.765. The topological polar surface area (TPSA) is 84.3 Å². The van der Waals surface area contributed by atoms with E-state index in [1.165, 1.54) is 16.4 Å². The summed E-state index contributed by atoms with van der Waals surface area (Å²) in [6.07, 6.45) is 2.51. The number of anilines is 1. The highest BCUT2D eigenvalue weighted by Crippen LogP contribution is 2.20. The Labute approximate surface area is 155 Å². The van der Waals surface area contributed by atoms with Gasteiger partial charge in [0.2, 0.25) is 10.0 Å². The summed E-state index contributed by atoms with van der Waals surface area (Å²) in [6.45, 7) is 8.38. The van der Waals surface area contributed by atoms with Gasteiger partial charge in [-0.15, -0.1) is 0 Å². The van der Waals surface area contributed by atoms with Crippen molar-refractivity contribution >= 4 is 21.7 Å². The van der Waals surface area contributed by atoms with Gasteiger partial charge in [-0.05, 0) is 31.5 Å². The van der Waals surface area contributed by atoms with E-state index < -0.39 is 10.0 Å². The Balaban J connectivity index is 2.28. The number of sulfonamides is 1. The zero-order chi connectivity index (χ0) is 19.3. The lowest BCUT2D eigenvalue weighted by Crippen LogP contribution is -2.30. The molecular formula is C18H26N4O3S. The highest BCUT2D eigenvalue weighted by molar-refractivity contribution is 7.89. The Morgan fingerprint density at radius 2 is 1.92 bits per heavy atom. The molecule has 0 aliphatic carbocycles. The van der Waals surface area contributed by atoms with Crippen molar-refractivity contribution in [2.75, 3.05) is 18.4 Å². The summed E-state index contributed by atoms with van der Waals surface area (Å²) in [6, 6.07) is 7.97. The van der Waals surface area contributed by atoms with Gasteiger partial charge in [-0.2, -0.15) is 9.40 Å². The molecule has 1 aromatic heterocycles. The van der Waals surface area contributed by atoms with Gasteiger partial charge in [0.15, 0.2) is 0 Å². The second kappa shape index (κ2) is 8.46. The predicted molar refractivity (Wildman–Crippen MR) is 102 cm³/mol. The van der Waals surface area contributed by atoms with Crippen LogP contribution in [0, 0.1) is 0 Å². The van der Waals surface area contributed by atoms with Gasteiger partial charge < -0.3 is 5.32 Å². The van der Waals surface area contributed by atoms with Crippen LogP contribution in [0.5, 0.6) is 0 Å². The fraction of sp³-hybridized carbons (Fsp3) is 0.444. The van der Waals surface area contributed by atoms with E-state index in [1.54, 1.807) is 42.9 Å². The maximum absolute atomic E-state index is 12.6. The first-order chi connectivity index (χ1) is 12.3. The first-order valence-corrected chi connectivity index (χ1v) is 10.2. The summed E-state index contributed by atoms with van der Waals surface area (Å²) < 4.78 is 28.4. The van der Waals surface area contributed by atoms with Gasteiger partial charge in [0.1, 0.15) is 5.82 Å². The van der Waals surface area contributed by atoms with Crippen LogP contribution in [0.3, 0.4) is 0 Å². The molecule has 0 bridgehead atoms. The molecule has 0 fully saturated rings. The van der Waals surface area contributed by atoms with Crippen molar-refractivity contribution in [2.24, 2.45) is 0 Å². The summed E-state index contributed by atoms with van der Waals surface area (Å²) in [5, 5.41) is 7.05. The molecule has 26 heavy (non-hydrogen) atoms. The van der Waals surface area contributed by atoms with E-state index in [1.807, 2.05) is 13.8 Å². The van der Waals surface area contributed by atoms with Crippen molar-refractivity contribution in [3.63, 3.8) is 0 Å². The largest absolute Gasteiger partial charge is 0.307 e. The maximum Gasteiger partial charge on any atom is 0.256 e. The van der Waals surface area contributed by atoms with Crippen LogP contribution in [-0.4, -0.2) is 41.5 Å². The first kappa shape index (κ1) is 20.1. The average Bonchev–Trinajstić information content (AvgIpc) is 3.10. The molecule has 0 spiro atoms. The van der Waals surface area contributed by atoms with Crippen LogP contribution in [0.25, 0.3) is 0 Å². The fourth-order valence-electron chi connectivity index (χ4n) is 2.64. The standard InChI is InChI=1S/C18H26N4O3S/c1-5-14(4)22-17(11-12-19-22)20-18(23)15-9-8-10-16(13-15)26(24,25)21(6-2)7-3/h8-14H,5-7H2,1-4H3,(H,20,23)/t14-/m1/s1. The molecule has 1 amide bonds. The van der Waals surface area contributed by atoms with Crippen molar-refractivity contribution in [2.45, 2.75) is 45.1 Å². The molecule has 1 heterocycles. The van der Waals surface area contributed by atoms with Crippen molar-refractivity contribution in [1.29, 1.82) is 0 Å². The molecule has 0 aliphatic rings. The molecule has 0 saturated carbocycles. The average molecular weight is 378 g/mol. The van der Waals surface area contributed by atoms with Crippen molar-refractivity contribution in [3.05, 3.63) is 42.1 Å². The Kier molecular flexibility index (Phi) is 6.55. The lowest BCUT2D eigenvalue weighted by molar-refractivity contribution is 0.102. The van der Waals surface area contributed by atoms with Crippen LogP contribution in [-0.2, 0) is 10.0 Å². The van der Waals surface area contributed by atoms with Crippen LogP contribution in [0.4, 0.5) is 5.82 Å². The molecule has 0 radical (unpaired) electrons. The SMILES string of the molecule is CC[C@@H](C)n1nccc1NC(=O)c1cccc(S(=O)(=O)N(CC)CC)c1. The van der Waals surface area contributed by atoms with Gasteiger partial charge in [0, 0.05) is 24.7 Å². The molecule has 7 nitrogen and oxygen atoms in total. The number of rotatable bonds is 8. The fourth-order valence-corrected chi connectivity index (χ4v) is 4.14. The van der Waals surface area contributed by atoms with Crippen LogP contribution in [0.2, 0.25) is 0 Å². The van der Waals surface area contributed by atoms with E-state index in [9.17, 15) is 13.2 Å². The molecule has 142 valence electrons. The van der Waals surface area contributed by atoms with Crippen molar-refractivity contribution < 1.29 is 13.2 Å². The number of carbonyl (C=O) groups excluding carboxylic acids is 1. The summed E-state index contributed by atoms with van der Waals surface area (Å²) in [5.74, 6) is 0.216. The number of hydrogen-bond acceptors (Lipinski definition) is 4. The van der Waals surface area contributed by atoms with Crippen LogP contribution in [0.1, 0.15) is 50.5 Å². The zero-order valence-corrected chi connectivity index (χ0v) is 16.5. The second-order valence-electron chi connectivity index (χ2n) is 5.99. The molecule has 0 aliphatic heterocycles. The number of amides is 1. The summed E-state index contributed by atoms with van der Waals surface area (Å²) in [4.78, 5) is 12.7. The minimum Gasteiger partial charge on any atom is -0.307 e. The highest BCUT2D eigenvalue weighted by atomic mass is 32.2. The summed E-state index contributed by atoms with van der Waals surface area (Å²) >= 11 is 0. The number of benzene rings is 1. The highest BCUT2D eigenvalue weighted by Gasteiger charge is 2.22. The minimum atomic E-state index is -3.61. The second-order valence-corrected chi connectivity index (χ2v) is 7.93. The molecule has 1 aromatic carbocycles. The van der Waals surface area contributed by atoms with Gasteiger partial charge in [-0.1, -0.05) is 26.8 Å². The van der Waals surface area contributed by atoms with E-state index in [2.05, 4.69) is 10.4 Å². The third-order valence-corrected chi connectivity index (χ3v) is 6.41. The number of nitrogens with zero attached hydrogens (tertiary/aromatic N) is 3. The van der Waals surface area contributed by atoms with E-state index >= 15 is 0 Å². The Bertz CT molecular complexity index is 857. The van der Waals surface area contributed by atoms with E-state index in [-0.39, 0.29) is 22.4 Å². The van der Waals surface area contributed by atoms with Crippen LogP contribution in [0.15, 0.2) is 41.4 Å². The number of aromatic nitrogens is 2. The van der Waals surface area contributed by atoms with Gasteiger partial charge in [0.05, 0.1) is 17.1 Å². The normalized spacial score (nSPS) is 13.0. The first-order valence-electron chi connectivity index (χ1n) is 8.80. The molecule has 0 unspecified atom stereocenters. The van der Waals surface area contributed by atoms with Gasteiger partial charge in [-0.25, -0.2) is 13.1 Å². The van der Waals surface area contributed by atoms with Crippen molar-refractivity contribution in [3.8, 4) is 0 Å². The molecule has 1 N–H and O–H groups in total.